The molecule has 1 saturated heterocycles. The van der Waals surface area contributed by atoms with E-state index < -0.39 is 10.2 Å². The first kappa shape index (κ1) is 22.2. The summed E-state index contributed by atoms with van der Waals surface area (Å²) in [6.07, 6.45) is 7.05. The Bertz CT molecular complexity index is 755. The molecule has 1 heterocycles. The zero-order valence-corrected chi connectivity index (χ0v) is 18.6. The van der Waals surface area contributed by atoms with E-state index in [2.05, 4.69) is 6.92 Å². The first-order valence-corrected chi connectivity index (χ1v) is 12.4. The van der Waals surface area contributed by atoms with Crippen LogP contribution >= 0.6 is 0 Å². The summed E-state index contributed by atoms with van der Waals surface area (Å²) >= 11 is 0. The second kappa shape index (κ2) is 10.0. The molecule has 3 rings (SSSR count). The fraction of sp³-hybridized carbons (Fsp3) is 0.682. The van der Waals surface area contributed by atoms with Crippen molar-refractivity contribution in [2.24, 2.45) is 0 Å². The molecule has 0 spiro atoms. The third kappa shape index (κ3) is 5.19. The molecule has 29 heavy (non-hydrogen) atoms. The molecule has 0 N–H and O–H groups in total. The van der Waals surface area contributed by atoms with Gasteiger partial charge >= 0.3 is 0 Å². The van der Waals surface area contributed by atoms with Gasteiger partial charge in [0, 0.05) is 39.3 Å². The Kier molecular flexibility index (Phi) is 7.71. The summed E-state index contributed by atoms with van der Waals surface area (Å²) < 4.78 is 29.3. The van der Waals surface area contributed by atoms with Gasteiger partial charge in [0.25, 0.3) is 10.2 Å². The van der Waals surface area contributed by atoms with E-state index >= 15 is 0 Å². The van der Waals surface area contributed by atoms with E-state index in [1.807, 2.05) is 35.2 Å². The topological polar surface area (TPSA) is 60.9 Å². The number of benzene rings is 1. The number of hydrogen-bond acceptors (Lipinski definition) is 3. The van der Waals surface area contributed by atoms with Crippen molar-refractivity contribution in [1.82, 2.24) is 13.5 Å². The minimum atomic E-state index is -3.46. The van der Waals surface area contributed by atoms with Crippen molar-refractivity contribution < 1.29 is 13.2 Å². The van der Waals surface area contributed by atoms with Crippen LogP contribution in [0.5, 0.6) is 0 Å². The van der Waals surface area contributed by atoms with Crippen LogP contribution in [0.2, 0.25) is 0 Å². The van der Waals surface area contributed by atoms with Crippen LogP contribution in [-0.4, -0.2) is 67.1 Å². The maximum atomic E-state index is 13.2. The Morgan fingerprint density at radius 1 is 1.07 bits per heavy atom. The van der Waals surface area contributed by atoms with E-state index in [-0.39, 0.29) is 17.9 Å². The largest absolute Gasteiger partial charge is 0.340 e. The van der Waals surface area contributed by atoms with Gasteiger partial charge in [0.05, 0.1) is 5.92 Å². The highest BCUT2D eigenvalue weighted by Crippen LogP contribution is 2.27. The summed E-state index contributed by atoms with van der Waals surface area (Å²) in [6.45, 7) is 3.76. The fourth-order valence-corrected chi connectivity index (χ4v) is 6.16. The lowest BCUT2D eigenvalue weighted by molar-refractivity contribution is -0.134. The average molecular weight is 422 g/mol. The maximum Gasteiger partial charge on any atom is 0.282 e. The first-order chi connectivity index (χ1) is 13.9. The molecule has 0 aromatic heterocycles. The van der Waals surface area contributed by atoms with Crippen molar-refractivity contribution in [2.75, 3.05) is 33.2 Å². The summed E-state index contributed by atoms with van der Waals surface area (Å²) in [5.41, 5.74) is 1.05. The van der Waals surface area contributed by atoms with Crippen molar-refractivity contribution >= 4 is 16.1 Å². The van der Waals surface area contributed by atoms with Crippen LogP contribution in [0.15, 0.2) is 30.3 Å². The summed E-state index contributed by atoms with van der Waals surface area (Å²) in [7, 11) is -1.75. The van der Waals surface area contributed by atoms with Gasteiger partial charge < -0.3 is 4.90 Å². The number of carbonyl (C=O) groups excluding carboxylic acids is 1. The molecule has 2 aliphatic rings. The van der Waals surface area contributed by atoms with Crippen LogP contribution in [-0.2, 0) is 15.0 Å². The van der Waals surface area contributed by atoms with Gasteiger partial charge in [-0.1, -0.05) is 62.9 Å². The van der Waals surface area contributed by atoms with E-state index in [9.17, 15) is 13.2 Å². The van der Waals surface area contributed by atoms with E-state index in [4.69, 9.17) is 0 Å². The molecule has 1 aliphatic heterocycles. The highest BCUT2D eigenvalue weighted by molar-refractivity contribution is 7.86. The summed E-state index contributed by atoms with van der Waals surface area (Å²) in [6, 6.07) is 10.0. The highest BCUT2D eigenvalue weighted by atomic mass is 32.2. The van der Waals surface area contributed by atoms with Crippen LogP contribution < -0.4 is 0 Å². The highest BCUT2D eigenvalue weighted by Gasteiger charge is 2.36. The normalized spacial score (nSPS) is 20.7. The lowest BCUT2D eigenvalue weighted by Gasteiger charge is -2.39. The predicted octanol–water partition coefficient (Wildman–Crippen LogP) is 3.22. The second-order valence-corrected chi connectivity index (χ2v) is 10.3. The van der Waals surface area contributed by atoms with Crippen LogP contribution in [0.1, 0.15) is 63.4 Å². The Labute approximate surface area is 176 Å². The molecule has 162 valence electrons. The van der Waals surface area contributed by atoms with Crippen LogP contribution in [0.3, 0.4) is 0 Å². The molecule has 1 amide bonds. The van der Waals surface area contributed by atoms with Gasteiger partial charge in [-0.3, -0.25) is 4.79 Å². The number of amides is 1. The van der Waals surface area contributed by atoms with Crippen molar-refractivity contribution in [2.45, 2.75) is 63.8 Å². The Hall–Kier alpha value is -1.44. The summed E-state index contributed by atoms with van der Waals surface area (Å²) in [4.78, 5) is 15.0. The van der Waals surface area contributed by atoms with E-state index in [0.717, 1.165) is 44.1 Å². The zero-order valence-electron chi connectivity index (χ0n) is 17.8. The molecule has 1 aliphatic carbocycles. The van der Waals surface area contributed by atoms with Gasteiger partial charge in [0.2, 0.25) is 5.91 Å². The molecule has 6 nitrogen and oxygen atoms in total. The van der Waals surface area contributed by atoms with Gasteiger partial charge in [-0.2, -0.15) is 17.0 Å². The molecule has 2 fully saturated rings. The average Bonchev–Trinajstić information content (AvgIpc) is 2.77. The van der Waals surface area contributed by atoms with E-state index in [0.29, 0.717) is 26.2 Å². The standard InChI is InChI=1S/C22H35N3O3S/c1-3-10-21(19-11-6-4-7-12-19)22(26)24-15-17-25(18-16-24)29(27,28)23(2)20-13-8-5-9-14-20/h4,6-7,11-12,20-21H,3,5,8-10,13-18H2,1-2H3. The monoisotopic (exact) mass is 421 g/mol. The fourth-order valence-electron chi connectivity index (χ4n) is 4.58. The summed E-state index contributed by atoms with van der Waals surface area (Å²) in [5.74, 6) is -0.0231. The molecule has 1 aromatic carbocycles. The third-order valence-corrected chi connectivity index (χ3v) is 8.45. The van der Waals surface area contributed by atoms with Gasteiger partial charge in [-0.05, 0) is 24.8 Å². The lowest BCUT2D eigenvalue weighted by Crippen LogP contribution is -2.55. The molecular weight excluding hydrogens is 386 g/mol. The van der Waals surface area contributed by atoms with E-state index in [1.165, 1.54) is 6.42 Å². The number of hydrogen-bond donors (Lipinski definition) is 0. The van der Waals surface area contributed by atoms with Gasteiger partial charge in [0.1, 0.15) is 0 Å². The Morgan fingerprint density at radius 3 is 2.28 bits per heavy atom. The zero-order chi connectivity index (χ0) is 20.9. The van der Waals surface area contributed by atoms with Crippen LogP contribution in [0.25, 0.3) is 0 Å². The van der Waals surface area contributed by atoms with E-state index in [1.54, 1.807) is 15.7 Å². The van der Waals surface area contributed by atoms with Crippen LogP contribution in [0.4, 0.5) is 0 Å². The Morgan fingerprint density at radius 2 is 1.69 bits per heavy atom. The molecule has 0 radical (unpaired) electrons. The smallest absolute Gasteiger partial charge is 0.282 e. The molecule has 1 aromatic rings. The van der Waals surface area contributed by atoms with Crippen molar-refractivity contribution in [3.05, 3.63) is 35.9 Å². The van der Waals surface area contributed by atoms with Gasteiger partial charge in [-0.25, -0.2) is 0 Å². The molecule has 1 atom stereocenters. The molecular formula is C22H35N3O3S. The molecule has 1 unspecified atom stereocenters. The molecule has 7 heteroatoms. The SMILES string of the molecule is CCCC(C(=O)N1CCN(S(=O)(=O)N(C)C2CCCCC2)CC1)c1ccccc1. The minimum absolute atomic E-state index is 0.112. The van der Waals surface area contributed by atoms with Crippen molar-refractivity contribution in [1.29, 1.82) is 0 Å². The second-order valence-electron chi connectivity index (χ2n) is 8.29. The Balaban J connectivity index is 1.62. The van der Waals surface area contributed by atoms with Gasteiger partial charge in [0.15, 0.2) is 0 Å². The summed E-state index contributed by atoms with van der Waals surface area (Å²) in [5, 5.41) is 0. The lowest BCUT2D eigenvalue weighted by atomic mass is 9.93. The van der Waals surface area contributed by atoms with Crippen LogP contribution in [0, 0.1) is 0 Å². The van der Waals surface area contributed by atoms with Crippen molar-refractivity contribution in [3.63, 3.8) is 0 Å². The molecule has 0 bridgehead atoms. The third-order valence-electron chi connectivity index (χ3n) is 6.41. The quantitative estimate of drug-likeness (QED) is 0.679. The predicted molar refractivity (Wildman–Crippen MR) is 116 cm³/mol. The number of nitrogens with zero attached hydrogens (tertiary/aromatic N) is 3. The minimum Gasteiger partial charge on any atom is -0.340 e. The van der Waals surface area contributed by atoms with Crippen molar-refractivity contribution in [3.8, 4) is 0 Å². The number of rotatable bonds is 7. The first-order valence-electron chi connectivity index (χ1n) is 11.0. The number of carbonyl (C=O) groups is 1. The van der Waals surface area contributed by atoms with Gasteiger partial charge in [-0.15, -0.1) is 0 Å². The maximum absolute atomic E-state index is 13.2. The molecule has 1 saturated carbocycles. The number of piperazine rings is 1.